The molecule has 21 heavy (non-hydrogen) atoms. The summed E-state index contributed by atoms with van der Waals surface area (Å²) in [5.41, 5.74) is 3.20. The van der Waals surface area contributed by atoms with Gasteiger partial charge in [0.2, 0.25) is 0 Å². The van der Waals surface area contributed by atoms with E-state index in [1.165, 1.54) is 64.7 Å². The van der Waals surface area contributed by atoms with Gasteiger partial charge in [0.1, 0.15) is 0 Å². The number of aryl methyl sites for hydroxylation is 1. The fourth-order valence-electron chi connectivity index (χ4n) is 4.05. The molecule has 116 valence electrons. The molecule has 0 saturated carbocycles. The number of likely N-dealkylation sites (tertiary alicyclic amines) is 1. The average Bonchev–Trinajstić information content (AvgIpc) is 2.54. The predicted molar refractivity (Wildman–Crippen MR) is 89.9 cm³/mol. The van der Waals surface area contributed by atoms with Gasteiger partial charge >= 0.3 is 0 Å². The van der Waals surface area contributed by atoms with E-state index in [0.717, 1.165) is 12.0 Å². The molecule has 0 aromatic heterocycles. The Hall–Kier alpha value is -0.860. The van der Waals surface area contributed by atoms with E-state index in [0.29, 0.717) is 0 Å². The lowest BCUT2D eigenvalue weighted by molar-refractivity contribution is 0.196. The van der Waals surface area contributed by atoms with Crippen LogP contribution in [0.15, 0.2) is 24.3 Å². The highest BCUT2D eigenvalue weighted by atomic mass is 15.1. The van der Waals surface area contributed by atoms with E-state index < -0.39 is 0 Å². The molecular weight excluding hydrogens is 256 g/mol. The molecule has 1 fully saturated rings. The van der Waals surface area contributed by atoms with Crippen molar-refractivity contribution in [2.24, 2.45) is 0 Å². The summed E-state index contributed by atoms with van der Waals surface area (Å²) in [6.07, 6.45) is 7.94. The van der Waals surface area contributed by atoms with Gasteiger partial charge in [-0.25, -0.2) is 0 Å². The molecule has 1 aromatic carbocycles. The maximum Gasteiger partial charge on any atom is 0.00916 e. The third-order valence-electron chi connectivity index (χ3n) is 5.27. The lowest BCUT2D eigenvalue weighted by Gasteiger charge is -2.34. The zero-order valence-electron chi connectivity index (χ0n) is 13.5. The number of fused-ring (bicyclic) bond motifs is 1. The van der Waals surface area contributed by atoms with E-state index in [-0.39, 0.29) is 0 Å². The van der Waals surface area contributed by atoms with Crippen LogP contribution in [0.2, 0.25) is 0 Å². The predicted octanol–water partition coefficient (Wildman–Crippen LogP) is 3.57. The van der Waals surface area contributed by atoms with E-state index in [1.807, 2.05) is 0 Å². The first-order chi connectivity index (χ1) is 10.4. The molecule has 1 saturated heterocycles. The topological polar surface area (TPSA) is 15.3 Å². The average molecular weight is 286 g/mol. The summed E-state index contributed by atoms with van der Waals surface area (Å²) in [5, 5.41) is 3.87. The second-order valence-corrected chi connectivity index (χ2v) is 6.81. The number of piperidine rings is 1. The van der Waals surface area contributed by atoms with Crippen molar-refractivity contribution in [1.82, 2.24) is 10.2 Å². The van der Waals surface area contributed by atoms with Crippen LogP contribution in [0.5, 0.6) is 0 Å². The molecule has 1 aromatic rings. The number of hydrogen-bond acceptors (Lipinski definition) is 2. The van der Waals surface area contributed by atoms with Gasteiger partial charge in [0, 0.05) is 12.6 Å². The van der Waals surface area contributed by atoms with E-state index in [4.69, 9.17) is 0 Å². The Bertz CT molecular complexity index is 435. The normalized spacial score (nSPS) is 24.0. The fraction of sp³-hybridized carbons (Fsp3) is 0.684. The molecule has 1 aliphatic heterocycles. The van der Waals surface area contributed by atoms with E-state index in [1.54, 1.807) is 11.1 Å². The zero-order chi connectivity index (χ0) is 14.5. The van der Waals surface area contributed by atoms with Crippen molar-refractivity contribution in [3.05, 3.63) is 35.4 Å². The molecule has 1 atom stereocenters. The monoisotopic (exact) mass is 286 g/mol. The van der Waals surface area contributed by atoms with Crippen LogP contribution in [0.25, 0.3) is 0 Å². The second kappa shape index (κ2) is 7.42. The summed E-state index contributed by atoms with van der Waals surface area (Å²) in [4.78, 5) is 2.62. The van der Waals surface area contributed by atoms with Crippen LogP contribution in [-0.2, 0) is 6.42 Å². The number of benzene rings is 1. The number of hydrogen-bond donors (Lipinski definition) is 1. The van der Waals surface area contributed by atoms with Crippen LogP contribution in [0.4, 0.5) is 0 Å². The Balaban J connectivity index is 1.48. The van der Waals surface area contributed by atoms with E-state index in [2.05, 4.69) is 41.4 Å². The van der Waals surface area contributed by atoms with Gasteiger partial charge in [0.05, 0.1) is 0 Å². The summed E-state index contributed by atoms with van der Waals surface area (Å²) < 4.78 is 0. The lowest BCUT2D eigenvalue weighted by atomic mass is 9.82. The van der Waals surface area contributed by atoms with Crippen LogP contribution < -0.4 is 5.32 Å². The Labute approximate surface area is 129 Å². The van der Waals surface area contributed by atoms with Crippen LogP contribution in [0.3, 0.4) is 0 Å². The summed E-state index contributed by atoms with van der Waals surface area (Å²) in [7, 11) is 0. The first kappa shape index (κ1) is 15.1. The molecule has 3 rings (SSSR count). The SMILES string of the molecule is CCCN1CCC(NCC2CCCc3ccccc32)CC1. The minimum absolute atomic E-state index is 0.739. The highest BCUT2D eigenvalue weighted by Crippen LogP contribution is 2.31. The summed E-state index contributed by atoms with van der Waals surface area (Å²) in [5.74, 6) is 0.739. The van der Waals surface area contributed by atoms with Crippen molar-refractivity contribution in [2.45, 2.75) is 57.4 Å². The molecule has 0 radical (unpaired) electrons. The fourth-order valence-corrected chi connectivity index (χ4v) is 4.05. The van der Waals surface area contributed by atoms with Crippen LogP contribution in [0, 0.1) is 0 Å². The number of rotatable bonds is 5. The summed E-state index contributed by atoms with van der Waals surface area (Å²) in [6, 6.07) is 9.82. The van der Waals surface area contributed by atoms with E-state index in [9.17, 15) is 0 Å². The highest BCUT2D eigenvalue weighted by molar-refractivity contribution is 5.32. The molecule has 0 bridgehead atoms. The van der Waals surface area contributed by atoms with Crippen LogP contribution in [0.1, 0.15) is 56.1 Å². The molecule has 1 aliphatic carbocycles. The van der Waals surface area contributed by atoms with Crippen LogP contribution >= 0.6 is 0 Å². The standard InChI is InChI=1S/C19H30N2/c1-2-12-21-13-10-18(11-14-21)20-15-17-8-5-7-16-6-3-4-9-19(16)17/h3-4,6,9,17-18,20H,2,5,7-8,10-15H2,1H3. The summed E-state index contributed by atoms with van der Waals surface area (Å²) in [6.45, 7) is 7.31. The van der Waals surface area contributed by atoms with E-state index >= 15 is 0 Å². The van der Waals surface area contributed by atoms with Gasteiger partial charge in [-0.15, -0.1) is 0 Å². The molecule has 2 heteroatoms. The first-order valence-electron chi connectivity index (χ1n) is 8.90. The van der Waals surface area contributed by atoms with Gasteiger partial charge in [-0.3, -0.25) is 0 Å². The van der Waals surface area contributed by atoms with Gasteiger partial charge < -0.3 is 10.2 Å². The Morgan fingerprint density at radius 1 is 1.14 bits per heavy atom. The molecular formula is C19H30N2. The minimum atomic E-state index is 0.739. The van der Waals surface area contributed by atoms with Gasteiger partial charge in [-0.05, 0) is 75.2 Å². The van der Waals surface area contributed by atoms with Crippen molar-refractivity contribution in [2.75, 3.05) is 26.2 Å². The maximum absolute atomic E-state index is 3.87. The Morgan fingerprint density at radius 3 is 2.76 bits per heavy atom. The molecule has 2 aliphatic rings. The molecule has 2 nitrogen and oxygen atoms in total. The molecule has 0 spiro atoms. The van der Waals surface area contributed by atoms with Gasteiger partial charge in [-0.1, -0.05) is 31.2 Å². The van der Waals surface area contributed by atoms with Crippen molar-refractivity contribution in [1.29, 1.82) is 0 Å². The number of nitrogens with one attached hydrogen (secondary N) is 1. The minimum Gasteiger partial charge on any atom is -0.313 e. The van der Waals surface area contributed by atoms with Gasteiger partial charge in [0.25, 0.3) is 0 Å². The second-order valence-electron chi connectivity index (χ2n) is 6.81. The molecule has 1 unspecified atom stereocenters. The summed E-state index contributed by atoms with van der Waals surface area (Å²) >= 11 is 0. The van der Waals surface area contributed by atoms with Crippen molar-refractivity contribution < 1.29 is 0 Å². The third-order valence-corrected chi connectivity index (χ3v) is 5.27. The van der Waals surface area contributed by atoms with Crippen molar-refractivity contribution in [3.8, 4) is 0 Å². The van der Waals surface area contributed by atoms with Gasteiger partial charge in [-0.2, -0.15) is 0 Å². The Kier molecular flexibility index (Phi) is 5.32. The smallest absolute Gasteiger partial charge is 0.00916 e. The largest absolute Gasteiger partial charge is 0.313 e. The first-order valence-corrected chi connectivity index (χ1v) is 8.90. The molecule has 1 N–H and O–H groups in total. The Morgan fingerprint density at radius 2 is 1.95 bits per heavy atom. The quantitative estimate of drug-likeness (QED) is 0.890. The van der Waals surface area contributed by atoms with Gasteiger partial charge in [0.15, 0.2) is 0 Å². The molecule has 0 amide bonds. The van der Waals surface area contributed by atoms with Crippen molar-refractivity contribution in [3.63, 3.8) is 0 Å². The van der Waals surface area contributed by atoms with Crippen LogP contribution in [-0.4, -0.2) is 37.1 Å². The molecule has 1 heterocycles. The van der Waals surface area contributed by atoms with Crippen molar-refractivity contribution >= 4 is 0 Å². The highest BCUT2D eigenvalue weighted by Gasteiger charge is 2.22. The number of nitrogens with zero attached hydrogens (tertiary/aromatic N) is 1. The lowest BCUT2D eigenvalue weighted by Crippen LogP contribution is -2.44. The zero-order valence-corrected chi connectivity index (χ0v) is 13.5. The maximum atomic E-state index is 3.87. The third kappa shape index (κ3) is 3.87.